The van der Waals surface area contributed by atoms with Crippen LogP contribution in [0.15, 0.2) is 18.2 Å². The van der Waals surface area contributed by atoms with Gasteiger partial charge in [0.2, 0.25) is 6.41 Å². The number of carbonyl (C=O) groups is 2. The SMILES string of the molecule is CCCCCCCCON(C=O)c1ccc(C(=O)O)c(O)c1.O.O.[Zn]. The molecular formula is C16H27NO7Zn. The van der Waals surface area contributed by atoms with Gasteiger partial charge in [-0.15, -0.1) is 0 Å². The zero-order chi connectivity index (χ0) is 16.4. The minimum atomic E-state index is -1.23. The van der Waals surface area contributed by atoms with Crippen LogP contribution < -0.4 is 5.06 Å². The molecule has 140 valence electrons. The molecule has 0 atom stereocenters. The molecule has 0 aliphatic carbocycles. The molecule has 8 nitrogen and oxygen atoms in total. The molecule has 0 aliphatic heterocycles. The first-order chi connectivity index (χ1) is 10.6. The number of hydroxylamine groups is 1. The van der Waals surface area contributed by atoms with Crippen LogP contribution in [0.4, 0.5) is 5.69 Å². The van der Waals surface area contributed by atoms with Crippen LogP contribution in [0.2, 0.25) is 0 Å². The maximum atomic E-state index is 11.0. The van der Waals surface area contributed by atoms with Crippen molar-refractivity contribution in [2.75, 3.05) is 11.7 Å². The van der Waals surface area contributed by atoms with Gasteiger partial charge in [0.15, 0.2) is 0 Å². The monoisotopic (exact) mass is 409 g/mol. The van der Waals surface area contributed by atoms with E-state index in [1.807, 2.05) is 0 Å². The Morgan fingerprint density at radius 1 is 1.16 bits per heavy atom. The van der Waals surface area contributed by atoms with Crippen molar-refractivity contribution in [3.63, 3.8) is 0 Å². The van der Waals surface area contributed by atoms with Gasteiger partial charge < -0.3 is 21.2 Å². The van der Waals surface area contributed by atoms with E-state index in [1.54, 1.807) is 0 Å². The van der Waals surface area contributed by atoms with Crippen LogP contribution in [0.5, 0.6) is 5.75 Å². The molecule has 0 aliphatic rings. The van der Waals surface area contributed by atoms with Crippen molar-refractivity contribution in [1.82, 2.24) is 0 Å². The van der Waals surface area contributed by atoms with Gasteiger partial charge in [-0.25, -0.2) is 4.79 Å². The van der Waals surface area contributed by atoms with Gasteiger partial charge >= 0.3 is 5.97 Å². The number of rotatable bonds is 11. The summed E-state index contributed by atoms with van der Waals surface area (Å²) in [7, 11) is 0. The summed E-state index contributed by atoms with van der Waals surface area (Å²) >= 11 is 0. The van der Waals surface area contributed by atoms with E-state index in [1.165, 1.54) is 37.5 Å². The number of aromatic carboxylic acids is 1. The van der Waals surface area contributed by atoms with Gasteiger partial charge in [0.1, 0.15) is 11.3 Å². The van der Waals surface area contributed by atoms with Gasteiger partial charge in [-0.2, -0.15) is 5.06 Å². The van der Waals surface area contributed by atoms with Crippen molar-refractivity contribution in [1.29, 1.82) is 0 Å². The van der Waals surface area contributed by atoms with Crippen LogP contribution in [0.3, 0.4) is 0 Å². The normalized spacial score (nSPS) is 9.16. The number of nitrogens with zero attached hydrogens (tertiary/aromatic N) is 1. The summed E-state index contributed by atoms with van der Waals surface area (Å²) in [6.45, 7) is 2.56. The Bertz CT molecular complexity index is 499. The van der Waals surface area contributed by atoms with Crippen LogP contribution in [0.1, 0.15) is 55.8 Å². The second kappa shape index (κ2) is 16.0. The van der Waals surface area contributed by atoms with Crippen molar-refractivity contribution < 1.29 is 55.1 Å². The van der Waals surface area contributed by atoms with Crippen molar-refractivity contribution in [3.05, 3.63) is 23.8 Å². The van der Waals surface area contributed by atoms with Gasteiger partial charge in [0.25, 0.3) is 0 Å². The Kier molecular flexibility index (Phi) is 18.1. The van der Waals surface area contributed by atoms with Crippen molar-refractivity contribution in [3.8, 4) is 5.75 Å². The number of anilines is 1. The van der Waals surface area contributed by atoms with Crippen LogP contribution >= 0.6 is 0 Å². The fraction of sp³-hybridized carbons (Fsp3) is 0.500. The Hall–Kier alpha value is -1.54. The minimum absolute atomic E-state index is 0. The average Bonchev–Trinajstić information content (AvgIpc) is 2.49. The molecule has 1 aromatic carbocycles. The molecule has 0 heterocycles. The van der Waals surface area contributed by atoms with Crippen molar-refractivity contribution in [2.45, 2.75) is 45.4 Å². The quantitative estimate of drug-likeness (QED) is 0.246. The molecule has 0 saturated carbocycles. The number of unbranched alkanes of at least 4 members (excludes halogenated alkanes) is 5. The number of hydrogen-bond acceptors (Lipinski definition) is 4. The van der Waals surface area contributed by atoms with E-state index in [0.717, 1.165) is 24.3 Å². The number of carboxylic acid groups (broad SMARTS) is 1. The zero-order valence-electron chi connectivity index (χ0n) is 14.5. The van der Waals surface area contributed by atoms with Gasteiger partial charge in [-0.1, -0.05) is 39.0 Å². The molecule has 0 saturated heterocycles. The smallest absolute Gasteiger partial charge is 0.339 e. The van der Waals surface area contributed by atoms with Crippen LogP contribution in [-0.4, -0.2) is 40.2 Å². The van der Waals surface area contributed by atoms with Gasteiger partial charge in [-0.3, -0.25) is 9.63 Å². The zero-order valence-corrected chi connectivity index (χ0v) is 17.5. The number of aromatic hydroxyl groups is 1. The summed E-state index contributed by atoms with van der Waals surface area (Å²) in [5, 5.41) is 19.5. The van der Waals surface area contributed by atoms with E-state index >= 15 is 0 Å². The van der Waals surface area contributed by atoms with Gasteiger partial charge in [0, 0.05) is 25.5 Å². The molecule has 0 bridgehead atoms. The number of carbonyl (C=O) groups excluding carboxylic acids is 1. The standard InChI is InChI=1S/C16H23NO5.2H2O.Zn/c1-2-3-4-5-6-7-10-22-17(12-18)13-8-9-14(16(20)21)15(19)11-13;;;/h8-9,11-12,19H,2-7,10H2,1H3,(H,20,21);2*1H2;. The molecule has 0 aromatic heterocycles. The molecule has 0 spiro atoms. The van der Waals surface area contributed by atoms with Crippen LogP contribution in [-0.2, 0) is 29.1 Å². The van der Waals surface area contributed by atoms with E-state index in [-0.39, 0.29) is 36.0 Å². The molecule has 9 heteroatoms. The topological polar surface area (TPSA) is 150 Å². The van der Waals surface area contributed by atoms with E-state index in [2.05, 4.69) is 6.92 Å². The molecular weight excluding hydrogens is 384 g/mol. The molecule has 0 radical (unpaired) electrons. The Labute approximate surface area is 160 Å². The number of phenols is 1. The number of carboxylic acids is 1. The first-order valence-corrected chi connectivity index (χ1v) is 7.54. The Morgan fingerprint density at radius 2 is 1.76 bits per heavy atom. The number of amides is 1. The van der Waals surface area contributed by atoms with Gasteiger partial charge in [-0.05, 0) is 18.6 Å². The molecule has 25 heavy (non-hydrogen) atoms. The maximum absolute atomic E-state index is 11.0. The van der Waals surface area contributed by atoms with Crippen LogP contribution in [0.25, 0.3) is 0 Å². The summed E-state index contributed by atoms with van der Waals surface area (Å²) < 4.78 is 0. The minimum Gasteiger partial charge on any atom is -0.507 e. The Balaban J connectivity index is -0.00000161. The second-order valence-electron chi connectivity index (χ2n) is 5.04. The Morgan fingerprint density at radius 3 is 2.28 bits per heavy atom. The summed E-state index contributed by atoms with van der Waals surface area (Å²) in [5.41, 5.74) is 0.0778. The fourth-order valence-electron chi connectivity index (χ4n) is 2.05. The van der Waals surface area contributed by atoms with Crippen molar-refractivity contribution >= 4 is 18.1 Å². The van der Waals surface area contributed by atoms with Crippen LogP contribution in [0, 0.1) is 0 Å². The summed E-state index contributed by atoms with van der Waals surface area (Å²) in [6.07, 6.45) is 7.15. The molecule has 6 N–H and O–H groups in total. The molecule has 1 amide bonds. The largest absolute Gasteiger partial charge is 0.507 e. The average molecular weight is 411 g/mol. The summed E-state index contributed by atoms with van der Waals surface area (Å²) in [6, 6.07) is 3.84. The third-order valence-corrected chi connectivity index (χ3v) is 3.29. The third kappa shape index (κ3) is 10.1. The third-order valence-electron chi connectivity index (χ3n) is 3.29. The van der Waals surface area contributed by atoms with Crippen molar-refractivity contribution in [2.24, 2.45) is 0 Å². The van der Waals surface area contributed by atoms with E-state index < -0.39 is 11.7 Å². The fourth-order valence-corrected chi connectivity index (χ4v) is 2.05. The number of benzene rings is 1. The van der Waals surface area contributed by atoms with E-state index in [0.29, 0.717) is 18.7 Å². The molecule has 0 unspecified atom stereocenters. The predicted molar refractivity (Wildman–Crippen MR) is 90.2 cm³/mol. The summed E-state index contributed by atoms with van der Waals surface area (Å²) in [4.78, 5) is 27.2. The molecule has 0 fully saturated rings. The molecule has 1 aromatic rings. The van der Waals surface area contributed by atoms with E-state index in [9.17, 15) is 14.7 Å². The predicted octanol–water partition coefficient (Wildman–Crippen LogP) is 1.69. The number of hydrogen-bond donors (Lipinski definition) is 2. The molecule has 1 rings (SSSR count). The second-order valence-corrected chi connectivity index (χ2v) is 5.04. The first-order valence-electron chi connectivity index (χ1n) is 7.54. The van der Waals surface area contributed by atoms with Gasteiger partial charge in [0.05, 0.1) is 12.3 Å². The first kappa shape index (κ1) is 28.3. The maximum Gasteiger partial charge on any atom is 0.339 e. The van der Waals surface area contributed by atoms with E-state index in [4.69, 9.17) is 9.94 Å². The summed E-state index contributed by atoms with van der Waals surface area (Å²) in [5.74, 6) is -1.63.